The van der Waals surface area contributed by atoms with E-state index < -0.39 is 29.7 Å². The van der Waals surface area contributed by atoms with E-state index in [0.29, 0.717) is 6.54 Å². The van der Waals surface area contributed by atoms with Crippen LogP contribution in [0, 0.1) is 0 Å². The molecule has 0 radical (unpaired) electrons. The molecule has 4 N–H and O–H groups in total. The van der Waals surface area contributed by atoms with E-state index in [1.165, 1.54) is 44.2 Å². The second kappa shape index (κ2) is 13.7. The molecular formula is C26H36N4O6. The molecular weight excluding hydrogens is 464 g/mol. The van der Waals surface area contributed by atoms with Crippen molar-refractivity contribution < 1.29 is 28.7 Å². The number of hydrogen-bond acceptors (Lipinski definition) is 7. The van der Waals surface area contributed by atoms with Gasteiger partial charge in [0.2, 0.25) is 11.8 Å². The zero-order valence-corrected chi connectivity index (χ0v) is 20.7. The number of fused-ring (bicyclic) bond motifs is 1. The normalized spacial score (nSPS) is 17.2. The molecule has 0 bridgehead atoms. The van der Waals surface area contributed by atoms with Gasteiger partial charge >= 0.3 is 0 Å². The highest BCUT2D eigenvalue weighted by molar-refractivity contribution is 6.24. The molecule has 0 aliphatic carbocycles. The van der Waals surface area contributed by atoms with Gasteiger partial charge in [0.15, 0.2) is 6.61 Å². The molecule has 0 spiro atoms. The zero-order chi connectivity index (χ0) is 25.9. The third-order valence-corrected chi connectivity index (χ3v) is 6.49. The molecule has 1 fully saturated rings. The number of hydrogen-bond donors (Lipinski definition) is 3. The van der Waals surface area contributed by atoms with E-state index in [2.05, 4.69) is 10.6 Å². The molecule has 2 aliphatic heterocycles. The first kappa shape index (κ1) is 27.3. The minimum Gasteiger partial charge on any atom is -0.483 e. The van der Waals surface area contributed by atoms with Gasteiger partial charge in [-0.3, -0.25) is 34.2 Å². The summed E-state index contributed by atoms with van der Waals surface area (Å²) in [4.78, 5) is 62.6. The molecule has 1 atom stereocenters. The average molecular weight is 501 g/mol. The Labute approximate surface area is 211 Å². The second-order valence-electron chi connectivity index (χ2n) is 9.24. The maximum Gasteiger partial charge on any atom is 0.266 e. The lowest BCUT2D eigenvalue weighted by Gasteiger charge is -2.27. The molecule has 0 saturated carbocycles. The van der Waals surface area contributed by atoms with Gasteiger partial charge in [-0.2, -0.15) is 0 Å². The lowest BCUT2D eigenvalue weighted by Crippen LogP contribution is -2.54. The van der Waals surface area contributed by atoms with Crippen LogP contribution in [-0.2, 0) is 14.4 Å². The van der Waals surface area contributed by atoms with Gasteiger partial charge in [0.1, 0.15) is 11.8 Å². The summed E-state index contributed by atoms with van der Waals surface area (Å²) >= 11 is 0. The fourth-order valence-electron chi connectivity index (χ4n) is 4.53. The highest BCUT2D eigenvalue weighted by Crippen LogP contribution is 2.33. The first-order chi connectivity index (χ1) is 17.4. The van der Waals surface area contributed by atoms with Crippen LogP contribution >= 0.6 is 0 Å². The van der Waals surface area contributed by atoms with Crippen molar-refractivity contribution in [3.63, 3.8) is 0 Å². The highest BCUT2D eigenvalue weighted by atomic mass is 16.5. The van der Waals surface area contributed by atoms with Gasteiger partial charge in [0, 0.05) is 13.0 Å². The minimum atomic E-state index is -1.05. The van der Waals surface area contributed by atoms with E-state index in [1.807, 2.05) is 0 Å². The fraction of sp³-hybridized carbons (Fsp3) is 0.577. The van der Waals surface area contributed by atoms with Crippen LogP contribution in [0.25, 0.3) is 0 Å². The van der Waals surface area contributed by atoms with Gasteiger partial charge in [-0.15, -0.1) is 0 Å². The van der Waals surface area contributed by atoms with E-state index in [-0.39, 0.29) is 42.2 Å². The van der Waals surface area contributed by atoms with Crippen LogP contribution in [0.3, 0.4) is 0 Å². The topological polar surface area (TPSA) is 148 Å². The van der Waals surface area contributed by atoms with E-state index in [4.69, 9.17) is 10.5 Å². The first-order valence-corrected chi connectivity index (χ1v) is 12.9. The maximum absolute atomic E-state index is 13.0. The third kappa shape index (κ3) is 7.13. The summed E-state index contributed by atoms with van der Waals surface area (Å²) in [6.07, 6.45) is 10.4. The summed E-state index contributed by atoms with van der Waals surface area (Å²) in [5.41, 5.74) is 5.64. The van der Waals surface area contributed by atoms with Gasteiger partial charge in [-0.1, -0.05) is 51.0 Å². The SMILES string of the molecule is NCCCCCCCCCCCNC(=O)COc1cccc2c1C(=O)N(C1CCC(=O)NC1=O)C2=O. The molecule has 5 amide bonds. The maximum atomic E-state index is 13.0. The lowest BCUT2D eigenvalue weighted by molar-refractivity contribution is -0.136. The zero-order valence-electron chi connectivity index (χ0n) is 20.7. The van der Waals surface area contributed by atoms with Crippen LogP contribution in [0.15, 0.2) is 18.2 Å². The van der Waals surface area contributed by atoms with Crippen LogP contribution in [0.2, 0.25) is 0 Å². The summed E-state index contributed by atoms with van der Waals surface area (Å²) in [6, 6.07) is 3.50. The van der Waals surface area contributed by atoms with E-state index in [0.717, 1.165) is 37.1 Å². The van der Waals surface area contributed by atoms with Crippen molar-refractivity contribution in [3.8, 4) is 5.75 Å². The Morgan fingerprint density at radius 1 is 0.972 bits per heavy atom. The number of nitrogens with one attached hydrogen (secondary N) is 2. The van der Waals surface area contributed by atoms with Crippen molar-refractivity contribution in [3.05, 3.63) is 29.3 Å². The van der Waals surface area contributed by atoms with Crippen molar-refractivity contribution in [2.75, 3.05) is 19.7 Å². The molecule has 36 heavy (non-hydrogen) atoms. The van der Waals surface area contributed by atoms with Crippen LogP contribution in [0.4, 0.5) is 0 Å². The molecule has 3 rings (SSSR count). The molecule has 1 saturated heterocycles. The standard InChI is InChI=1S/C26H36N4O6/c27-15-8-6-4-2-1-3-5-7-9-16-28-22(32)17-36-20-12-10-11-18-23(20)26(35)30(25(18)34)19-13-14-21(31)29-24(19)33/h10-12,19H,1-9,13-17,27H2,(H,28,32)(H,29,31,33). The summed E-state index contributed by atoms with van der Waals surface area (Å²) in [6.45, 7) is 1.02. The van der Waals surface area contributed by atoms with Crippen LogP contribution in [0.1, 0.15) is 91.3 Å². The van der Waals surface area contributed by atoms with Crippen molar-refractivity contribution in [2.45, 2.75) is 76.7 Å². The predicted octanol–water partition coefficient (Wildman–Crippen LogP) is 2.05. The number of benzene rings is 1. The number of ether oxygens (including phenoxy) is 1. The predicted molar refractivity (Wildman–Crippen MR) is 132 cm³/mol. The molecule has 1 aromatic rings. The molecule has 2 heterocycles. The van der Waals surface area contributed by atoms with Crippen molar-refractivity contribution >= 4 is 29.5 Å². The molecule has 1 aromatic carbocycles. The lowest BCUT2D eigenvalue weighted by atomic mass is 10.0. The fourth-order valence-corrected chi connectivity index (χ4v) is 4.53. The van der Waals surface area contributed by atoms with Gasteiger partial charge < -0.3 is 15.8 Å². The average Bonchev–Trinajstić information content (AvgIpc) is 3.11. The molecule has 10 heteroatoms. The Morgan fingerprint density at radius 2 is 1.64 bits per heavy atom. The molecule has 196 valence electrons. The quantitative estimate of drug-likeness (QED) is 0.247. The van der Waals surface area contributed by atoms with Crippen LogP contribution in [0.5, 0.6) is 5.75 Å². The van der Waals surface area contributed by atoms with Gasteiger partial charge in [0.05, 0.1) is 11.1 Å². The number of carbonyl (C=O) groups excluding carboxylic acids is 5. The monoisotopic (exact) mass is 500 g/mol. The second-order valence-corrected chi connectivity index (χ2v) is 9.24. The molecule has 2 aliphatic rings. The summed E-state index contributed by atoms with van der Waals surface area (Å²) in [5.74, 6) is -2.59. The largest absolute Gasteiger partial charge is 0.483 e. The van der Waals surface area contributed by atoms with E-state index in [1.54, 1.807) is 6.07 Å². The third-order valence-electron chi connectivity index (χ3n) is 6.49. The summed E-state index contributed by atoms with van der Waals surface area (Å²) in [5, 5.41) is 4.98. The van der Waals surface area contributed by atoms with Crippen molar-refractivity contribution in [2.24, 2.45) is 5.73 Å². The number of nitrogens with zero attached hydrogens (tertiary/aromatic N) is 1. The van der Waals surface area contributed by atoms with Gasteiger partial charge in [-0.25, -0.2) is 0 Å². The van der Waals surface area contributed by atoms with Crippen molar-refractivity contribution in [1.82, 2.24) is 15.5 Å². The Kier molecular flexibility index (Phi) is 10.4. The number of carbonyl (C=O) groups is 5. The summed E-state index contributed by atoms with van der Waals surface area (Å²) < 4.78 is 5.59. The molecule has 0 aromatic heterocycles. The van der Waals surface area contributed by atoms with E-state index in [9.17, 15) is 24.0 Å². The van der Waals surface area contributed by atoms with Crippen LogP contribution < -0.4 is 21.1 Å². The van der Waals surface area contributed by atoms with Crippen molar-refractivity contribution in [1.29, 1.82) is 0 Å². The molecule has 1 unspecified atom stereocenters. The van der Waals surface area contributed by atoms with E-state index >= 15 is 0 Å². The number of nitrogens with two attached hydrogens (primary N) is 1. The summed E-state index contributed by atoms with van der Waals surface area (Å²) in [7, 11) is 0. The Hall–Kier alpha value is -3.27. The Balaban J connectivity index is 1.40. The highest BCUT2D eigenvalue weighted by Gasteiger charge is 2.46. The first-order valence-electron chi connectivity index (χ1n) is 12.9. The number of imide groups is 2. The number of unbranched alkanes of at least 4 members (excludes halogenated alkanes) is 8. The van der Waals surface area contributed by atoms with Crippen LogP contribution in [-0.4, -0.2) is 60.2 Å². The minimum absolute atomic E-state index is 0.0306. The number of amides is 5. The smallest absolute Gasteiger partial charge is 0.266 e. The number of piperidine rings is 1. The van der Waals surface area contributed by atoms with Gasteiger partial charge in [0.25, 0.3) is 17.7 Å². The Morgan fingerprint density at radius 3 is 2.31 bits per heavy atom. The Bertz CT molecular complexity index is 979. The van der Waals surface area contributed by atoms with Gasteiger partial charge in [-0.05, 0) is 37.9 Å². The molecule has 10 nitrogen and oxygen atoms in total. The number of rotatable bonds is 15.